The zero-order valence-electron chi connectivity index (χ0n) is 34.5. The lowest BCUT2D eigenvalue weighted by Gasteiger charge is -2.50. The summed E-state index contributed by atoms with van der Waals surface area (Å²) in [7, 11) is -4.76. The van der Waals surface area contributed by atoms with Crippen molar-refractivity contribution in [2.45, 2.75) is 103 Å². The number of hydrogen-bond acceptors (Lipinski definition) is 10. The molecule has 2 atom stereocenters. The van der Waals surface area contributed by atoms with E-state index in [1.807, 2.05) is 54.0 Å². The van der Waals surface area contributed by atoms with Crippen LogP contribution in [0.4, 0.5) is 0 Å². The van der Waals surface area contributed by atoms with Crippen LogP contribution in [0, 0.1) is 0 Å². The second-order valence-corrected chi connectivity index (χ2v) is 30.2. The molecule has 0 unspecified atom stereocenters. The monoisotopic (exact) mass is 831 g/mol. The Balaban J connectivity index is 1.46. The molecule has 0 aliphatic carbocycles. The Bertz CT molecular complexity index is 1940. The van der Waals surface area contributed by atoms with Gasteiger partial charge in [-0.15, -0.1) is 0 Å². The second kappa shape index (κ2) is 17.2. The number of halogens is 1. The number of pyridine rings is 1. The second-order valence-electron chi connectivity index (χ2n) is 17.2. The number of ether oxygens (including phenoxy) is 3. The first kappa shape index (κ1) is 43.7. The zero-order chi connectivity index (χ0) is 40.4. The van der Waals surface area contributed by atoms with Gasteiger partial charge in [0.15, 0.2) is 11.8 Å². The molecular formula is C40H59ClN3O8PSi2. The van der Waals surface area contributed by atoms with Crippen LogP contribution in [0.2, 0.25) is 40.8 Å². The van der Waals surface area contributed by atoms with Crippen LogP contribution in [0.25, 0.3) is 33.5 Å². The van der Waals surface area contributed by atoms with Crippen LogP contribution in [-0.4, -0.2) is 84.0 Å². The van der Waals surface area contributed by atoms with Crippen molar-refractivity contribution in [3.8, 4) is 28.4 Å². The Morgan fingerprint density at radius 3 is 1.98 bits per heavy atom. The fourth-order valence-corrected chi connectivity index (χ4v) is 14.2. The summed E-state index contributed by atoms with van der Waals surface area (Å²) in [5.74, 6) is 0. The highest BCUT2D eigenvalue weighted by Crippen LogP contribution is 2.53. The first-order chi connectivity index (χ1) is 25.8. The van der Waals surface area contributed by atoms with E-state index in [9.17, 15) is 4.57 Å². The van der Waals surface area contributed by atoms with Gasteiger partial charge < -0.3 is 32.1 Å². The van der Waals surface area contributed by atoms with Gasteiger partial charge in [0.05, 0.1) is 34.8 Å². The summed E-state index contributed by atoms with van der Waals surface area (Å²) in [4.78, 5) is 9.90. The van der Waals surface area contributed by atoms with Crippen molar-refractivity contribution >= 4 is 52.3 Å². The van der Waals surface area contributed by atoms with E-state index < -0.39 is 30.3 Å². The summed E-state index contributed by atoms with van der Waals surface area (Å²) in [5.41, 5.74) is 4.54. The predicted molar refractivity (Wildman–Crippen MR) is 226 cm³/mol. The molecule has 5 rings (SSSR count). The molecule has 11 nitrogen and oxygen atoms in total. The highest BCUT2D eigenvalue weighted by atomic mass is 35.5. The molecule has 1 aliphatic rings. The lowest BCUT2D eigenvalue weighted by atomic mass is 10.0. The van der Waals surface area contributed by atoms with Gasteiger partial charge in [0.1, 0.15) is 12.8 Å². The molecule has 4 aromatic rings. The summed E-state index contributed by atoms with van der Waals surface area (Å²) in [5, 5.41) is 0.532. The van der Waals surface area contributed by atoms with Crippen molar-refractivity contribution in [1.82, 2.24) is 14.5 Å². The van der Waals surface area contributed by atoms with Crippen molar-refractivity contribution in [1.29, 1.82) is 0 Å². The van der Waals surface area contributed by atoms with Crippen molar-refractivity contribution in [3.63, 3.8) is 0 Å². The molecule has 0 saturated carbocycles. The number of benzene rings is 2. The minimum Gasteiger partial charge on any atom is -0.456 e. The molecular weight excluding hydrogens is 773 g/mol. The van der Waals surface area contributed by atoms with Gasteiger partial charge >= 0.3 is 22.2 Å². The van der Waals surface area contributed by atoms with Gasteiger partial charge in [-0.3, -0.25) is 9.13 Å². The maximum absolute atomic E-state index is 12.8. The molecule has 1 saturated heterocycles. The molecule has 302 valence electrons. The van der Waals surface area contributed by atoms with E-state index in [2.05, 4.69) is 61.2 Å². The number of nitrogens with zero attached hydrogens (tertiary/aromatic N) is 3. The summed E-state index contributed by atoms with van der Waals surface area (Å²) >= 11 is 6.99. The molecule has 0 bridgehead atoms. The van der Waals surface area contributed by atoms with E-state index in [0.717, 1.165) is 22.7 Å². The maximum atomic E-state index is 12.8. The van der Waals surface area contributed by atoms with Gasteiger partial charge in [0, 0.05) is 51.1 Å². The number of aromatic nitrogens is 3. The van der Waals surface area contributed by atoms with E-state index in [-0.39, 0.29) is 22.9 Å². The standard InChI is InChI=1S/C40H59ClN3O8PSi2/c1-13-50-55(39(2,3)4,40(5,6)7)52-35-26-49-25-34(35)51-38-43-37-33(44(38)27-48-22-23-54(10,11)12)24-32(41)36(42-37)30-16-14-28(15-17-30)29-18-20-31(21-19-29)53(45,46-8)47-9/h14-21,24,34-35H,13,22-23,25-27H2,1-12H3/t34-,35+/m1/s1. The zero-order valence-corrected chi connectivity index (χ0v) is 38.2. The quantitative estimate of drug-likeness (QED) is 0.0614. The van der Waals surface area contributed by atoms with E-state index in [0.29, 0.717) is 59.6 Å². The molecule has 0 radical (unpaired) electrons. The van der Waals surface area contributed by atoms with Gasteiger partial charge in [0.25, 0.3) is 0 Å². The topological polar surface area (TPSA) is 112 Å². The van der Waals surface area contributed by atoms with Crippen molar-refractivity contribution in [3.05, 3.63) is 59.6 Å². The third-order valence-electron chi connectivity index (χ3n) is 9.91. The van der Waals surface area contributed by atoms with Crippen LogP contribution in [-0.2, 0) is 38.7 Å². The van der Waals surface area contributed by atoms with Crippen LogP contribution < -0.4 is 10.0 Å². The van der Waals surface area contributed by atoms with E-state index in [1.165, 1.54) is 14.2 Å². The molecule has 2 aromatic carbocycles. The molecule has 1 aliphatic heterocycles. The molecule has 1 fully saturated rings. The van der Waals surface area contributed by atoms with Crippen molar-refractivity contribution < 1.29 is 36.7 Å². The first-order valence-electron chi connectivity index (χ1n) is 18.9. The summed E-state index contributed by atoms with van der Waals surface area (Å²) in [6, 6.07) is 18.5. The number of imidazole rings is 1. The van der Waals surface area contributed by atoms with E-state index >= 15 is 0 Å². The maximum Gasteiger partial charge on any atom is 0.360 e. The molecule has 15 heteroatoms. The minimum atomic E-state index is -3.33. The Kier molecular flexibility index (Phi) is 13.7. The van der Waals surface area contributed by atoms with Crippen molar-refractivity contribution in [2.24, 2.45) is 0 Å². The fourth-order valence-electron chi connectivity index (χ4n) is 7.13. The summed E-state index contributed by atoms with van der Waals surface area (Å²) < 4.78 is 57.7. The predicted octanol–water partition coefficient (Wildman–Crippen LogP) is 10.1. The van der Waals surface area contributed by atoms with Crippen LogP contribution >= 0.6 is 19.2 Å². The van der Waals surface area contributed by atoms with Gasteiger partial charge in [-0.2, -0.15) is 4.98 Å². The number of rotatable bonds is 16. The fraction of sp³-hybridized carbons (Fsp3) is 0.550. The van der Waals surface area contributed by atoms with Gasteiger partial charge in [-0.05, 0) is 42.3 Å². The Morgan fingerprint density at radius 2 is 1.44 bits per heavy atom. The molecule has 55 heavy (non-hydrogen) atoms. The van der Waals surface area contributed by atoms with Crippen molar-refractivity contribution in [2.75, 3.05) is 40.6 Å². The van der Waals surface area contributed by atoms with E-state index in [4.69, 9.17) is 53.7 Å². The minimum absolute atomic E-state index is 0.217. The SMILES string of the molecule is CCO[Si](O[C@H]1COC[C@H]1Oc1nc2nc(-c3ccc(-c4ccc(P(=O)(OC)OC)cc4)cc3)c(Cl)cc2n1COCC[Si](C)(C)C)(C(C)(C)C)C(C)(C)C. The Morgan fingerprint density at radius 1 is 0.873 bits per heavy atom. The third-order valence-corrected chi connectivity index (χ3v) is 19.1. The third kappa shape index (κ3) is 9.66. The smallest absolute Gasteiger partial charge is 0.360 e. The summed E-state index contributed by atoms with van der Waals surface area (Å²) in [6.07, 6.45) is -0.786. The highest BCUT2D eigenvalue weighted by molar-refractivity contribution is 7.62. The molecule has 0 amide bonds. The number of hydrogen-bond donors (Lipinski definition) is 0. The molecule has 3 heterocycles. The average Bonchev–Trinajstić information content (AvgIpc) is 3.70. The lowest BCUT2D eigenvalue weighted by Crippen LogP contribution is -2.60. The summed E-state index contributed by atoms with van der Waals surface area (Å²) in [6.45, 7) is 24.4. The Hall–Kier alpha value is -2.43. The van der Waals surface area contributed by atoms with Gasteiger partial charge in [-0.25, -0.2) is 4.98 Å². The highest BCUT2D eigenvalue weighted by Gasteiger charge is 2.60. The molecule has 0 spiro atoms. The van der Waals surface area contributed by atoms with Crippen LogP contribution in [0.3, 0.4) is 0 Å². The Labute approximate surface area is 334 Å². The van der Waals surface area contributed by atoms with Crippen LogP contribution in [0.5, 0.6) is 6.01 Å². The normalized spacial score (nSPS) is 17.3. The first-order valence-corrected chi connectivity index (χ1v) is 26.3. The van der Waals surface area contributed by atoms with E-state index in [1.54, 1.807) is 12.1 Å². The average molecular weight is 833 g/mol. The van der Waals surface area contributed by atoms with Crippen LogP contribution in [0.1, 0.15) is 48.5 Å². The lowest BCUT2D eigenvalue weighted by molar-refractivity contribution is 0.0231. The van der Waals surface area contributed by atoms with Gasteiger partial charge in [-0.1, -0.05) is 109 Å². The number of fused-ring (bicyclic) bond motifs is 1. The largest absolute Gasteiger partial charge is 0.456 e. The van der Waals surface area contributed by atoms with Gasteiger partial charge in [0.2, 0.25) is 0 Å². The molecule has 2 aromatic heterocycles. The molecule has 0 N–H and O–H groups in total. The van der Waals surface area contributed by atoms with Crippen LogP contribution in [0.15, 0.2) is 54.6 Å².